The van der Waals surface area contributed by atoms with E-state index in [0.717, 1.165) is 42.6 Å². The Morgan fingerprint density at radius 3 is 2.56 bits per heavy atom. The van der Waals surface area contributed by atoms with Crippen LogP contribution in [-0.4, -0.2) is 31.9 Å². The number of aromatic nitrogens is 4. The Balaban J connectivity index is 1.61. The highest BCUT2D eigenvalue weighted by atomic mass is 16.5. The SMILES string of the molecule is Cc1c(C)n2c(C3(C4CC4)CC3)nnc2c(=O)n1C[C@H]1CCCCO1. The summed E-state index contributed by atoms with van der Waals surface area (Å²) >= 11 is 0. The first-order chi connectivity index (χ1) is 12.1. The molecule has 3 fully saturated rings. The van der Waals surface area contributed by atoms with Gasteiger partial charge in [0, 0.05) is 23.4 Å². The lowest BCUT2D eigenvalue weighted by molar-refractivity contribution is 0.00509. The van der Waals surface area contributed by atoms with Crippen LogP contribution >= 0.6 is 0 Å². The van der Waals surface area contributed by atoms with E-state index in [4.69, 9.17) is 4.74 Å². The molecule has 0 aromatic carbocycles. The first-order valence-electron chi connectivity index (χ1n) is 9.69. The standard InChI is InChI=1S/C19H26N4O2/c1-12-13(2)23-16(17(24)22(12)11-15-5-3-4-10-25-15)20-21-18(23)19(8-9-19)14-6-7-14/h14-15H,3-11H2,1-2H3/t15-/m1/s1. The van der Waals surface area contributed by atoms with E-state index in [1.54, 1.807) is 0 Å². The summed E-state index contributed by atoms with van der Waals surface area (Å²) in [5.74, 6) is 1.78. The second-order valence-electron chi connectivity index (χ2n) is 8.19. The molecule has 3 heterocycles. The summed E-state index contributed by atoms with van der Waals surface area (Å²) < 4.78 is 9.76. The van der Waals surface area contributed by atoms with Gasteiger partial charge < -0.3 is 9.30 Å². The Kier molecular flexibility index (Phi) is 3.36. The lowest BCUT2D eigenvalue weighted by Gasteiger charge is -2.25. The highest BCUT2D eigenvalue weighted by molar-refractivity contribution is 5.42. The maximum Gasteiger partial charge on any atom is 0.296 e. The molecule has 0 amide bonds. The summed E-state index contributed by atoms with van der Waals surface area (Å²) in [6, 6.07) is 0. The molecule has 6 nitrogen and oxygen atoms in total. The fourth-order valence-electron chi connectivity index (χ4n) is 4.65. The Morgan fingerprint density at radius 2 is 1.92 bits per heavy atom. The minimum absolute atomic E-state index is 0.0254. The van der Waals surface area contributed by atoms with Crippen LogP contribution in [0.3, 0.4) is 0 Å². The molecule has 6 heteroatoms. The third-order valence-electron chi connectivity index (χ3n) is 6.62. The van der Waals surface area contributed by atoms with Crippen LogP contribution in [0.25, 0.3) is 5.65 Å². The van der Waals surface area contributed by atoms with Crippen molar-refractivity contribution in [3.05, 3.63) is 27.6 Å². The summed E-state index contributed by atoms with van der Waals surface area (Å²) in [6.07, 6.45) is 8.44. The molecule has 0 N–H and O–H groups in total. The molecular formula is C19H26N4O2. The summed E-state index contributed by atoms with van der Waals surface area (Å²) in [5.41, 5.74) is 2.77. The summed E-state index contributed by atoms with van der Waals surface area (Å²) in [7, 11) is 0. The van der Waals surface area contributed by atoms with E-state index in [1.807, 2.05) is 11.5 Å². The molecule has 3 aliphatic rings. The van der Waals surface area contributed by atoms with Crippen molar-refractivity contribution in [2.24, 2.45) is 5.92 Å². The minimum atomic E-state index is -0.0254. The molecule has 2 aliphatic carbocycles. The van der Waals surface area contributed by atoms with Crippen molar-refractivity contribution in [1.29, 1.82) is 0 Å². The third-order valence-corrected chi connectivity index (χ3v) is 6.62. The van der Waals surface area contributed by atoms with Gasteiger partial charge in [-0.1, -0.05) is 0 Å². The summed E-state index contributed by atoms with van der Waals surface area (Å²) in [4.78, 5) is 13.1. The van der Waals surface area contributed by atoms with Crippen molar-refractivity contribution >= 4 is 5.65 Å². The van der Waals surface area contributed by atoms with E-state index >= 15 is 0 Å². The summed E-state index contributed by atoms with van der Waals surface area (Å²) in [6.45, 7) is 5.56. The minimum Gasteiger partial charge on any atom is -0.376 e. The van der Waals surface area contributed by atoms with Crippen LogP contribution in [0.4, 0.5) is 0 Å². The first kappa shape index (κ1) is 15.6. The van der Waals surface area contributed by atoms with Crippen LogP contribution in [0.1, 0.15) is 62.2 Å². The number of fused-ring (bicyclic) bond motifs is 1. The Morgan fingerprint density at radius 1 is 1.12 bits per heavy atom. The second kappa shape index (κ2) is 5.40. The largest absolute Gasteiger partial charge is 0.376 e. The van der Waals surface area contributed by atoms with Crippen LogP contribution in [0.2, 0.25) is 0 Å². The monoisotopic (exact) mass is 342 g/mol. The number of rotatable bonds is 4. The fraction of sp³-hybridized carbons (Fsp3) is 0.737. The maximum absolute atomic E-state index is 13.1. The van der Waals surface area contributed by atoms with E-state index in [0.29, 0.717) is 12.2 Å². The number of hydrogen-bond acceptors (Lipinski definition) is 4. The van der Waals surface area contributed by atoms with Gasteiger partial charge in [0.25, 0.3) is 5.56 Å². The second-order valence-corrected chi connectivity index (χ2v) is 8.19. The molecule has 0 radical (unpaired) electrons. The van der Waals surface area contributed by atoms with Gasteiger partial charge in [-0.15, -0.1) is 10.2 Å². The molecule has 25 heavy (non-hydrogen) atoms. The zero-order valence-electron chi connectivity index (χ0n) is 15.1. The van der Waals surface area contributed by atoms with Crippen LogP contribution in [0.5, 0.6) is 0 Å². The third kappa shape index (κ3) is 2.30. The molecule has 2 saturated carbocycles. The van der Waals surface area contributed by atoms with Crippen molar-refractivity contribution in [3.63, 3.8) is 0 Å². The molecule has 1 aliphatic heterocycles. The van der Waals surface area contributed by atoms with Gasteiger partial charge in [-0.25, -0.2) is 0 Å². The Bertz CT molecular complexity index is 883. The number of nitrogens with zero attached hydrogens (tertiary/aromatic N) is 4. The van der Waals surface area contributed by atoms with Crippen LogP contribution in [-0.2, 0) is 16.7 Å². The molecule has 2 aromatic heterocycles. The fourth-order valence-corrected chi connectivity index (χ4v) is 4.65. The molecule has 0 unspecified atom stereocenters. The topological polar surface area (TPSA) is 61.4 Å². The molecule has 0 spiro atoms. The smallest absolute Gasteiger partial charge is 0.296 e. The predicted octanol–water partition coefficient (Wildman–Crippen LogP) is 2.52. The van der Waals surface area contributed by atoms with Crippen LogP contribution in [0, 0.1) is 19.8 Å². The first-order valence-corrected chi connectivity index (χ1v) is 9.69. The van der Waals surface area contributed by atoms with Crippen LogP contribution < -0.4 is 5.56 Å². The molecular weight excluding hydrogens is 316 g/mol. The molecule has 0 bridgehead atoms. The van der Waals surface area contributed by atoms with Crippen LogP contribution in [0.15, 0.2) is 4.79 Å². The van der Waals surface area contributed by atoms with E-state index < -0.39 is 0 Å². The quantitative estimate of drug-likeness (QED) is 0.856. The van der Waals surface area contributed by atoms with Gasteiger partial charge in [-0.2, -0.15) is 0 Å². The van der Waals surface area contributed by atoms with E-state index in [2.05, 4.69) is 21.5 Å². The molecule has 1 saturated heterocycles. The molecule has 134 valence electrons. The van der Waals surface area contributed by atoms with Gasteiger partial charge in [0.1, 0.15) is 5.82 Å². The van der Waals surface area contributed by atoms with Gasteiger partial charge >= 0.3 is 0 Å². The van der Waals surface area contributed by atoms with Gasteiger partial charge in [-0.3, -0.25) is 9.20 Å². The van der Waals surface area contributed by atoms with Gasteiger partial charge in [0.2, 0.25) is 5.65 Å². The lowest BCUT2D eigenvalue weighted by Crippen LogP contribution is -2.34. The lowest BCUT2D eigenvalue weighted by atomic mass is 9.99. The number of hydrogen-bond donors (Lipinski definition) is 0. The normalized spacial score (nSPS) is 25.4. The summed E-state index contributed by atoms with van der Waals surface area (Å²) in [5, 5.41) is 8.84. The predicted molar refractivity (Wildman–Crippen MR) is 93.9 cm³/mol. The van der Waals surface area contributed by atoms with Crippen molar-refractivity contribution in [2.75, 3.05) is 6.61 Å². The van der Waals surface area contributed by atoms with E-state index in [9.17, 15) is 4.79 Å². The number of ether oxygens (including phenoxy) is 1. The Labute approximate surface area is 147 Å². The maximum atomic E-state index is 13.1. The number of aryl methyl sites for hydroxylation is 1. The van der Waals surface area contributed by atoms with E-state index in [1.165, 1.54) is 32.1 Å². The average Bonchev–Trinajstić information content (AvgIpc) is 3.54. The van der Waals surface area contributed by atoms with Gasteiger partial charge in [-0.05, 0) is 64.7 Å². The molecule has 1 atom stereocenters. The van der Waals surface area contributed by atoms with Gasteiger partial charge in [0.15, 0.2) is 0 Å². The molecule has 5 rings (SSSR count). The van der Waals surface area contributed by atoms with E-state index in [-0.39, 0.29) is 17.1 Å². The van der Waals surface area contributed by atoms with Gasteiger partial charge in [0.05, 0.1) is 12.6 Å². The van der Waals surface area contributed by atoms with Crippen molar-refractivity contribution in [1.82, 2.24) is 19.2 Å². The zero-order chi connectivity index (χ0) is 17.2. The average molecular weight is 342 g/mol. The Hall–Kier alpha value is -1.69. The molecule has 2 aromatic rings. The zero-order valence-corrected chi connectivity index (χ0v) is 15.1. The highest BCUT2D eigenvalue weighted by Gasteiger charge is 2.58. The van der Waals surface area contributed by atoms with Crippen molar-refractivity contribution in [2.45, 2.75) is 76.9 Å². The highest BCUT2D eigenvalue weighted by Crippen LogP contribution is 2.61. The van der Waals surface area contributed by atoms with Crippen molar-refractivity contribution < 1.29 is 4.74 Å². The van der Waals surface area contributed by atoms with Crippen molar-refractivity contribution in [3.8, 4) is 0 Å².